The minimum atomic E-state index is 0.289. The predicted molar refractivity (Wildman–Crippen MR) is 38.9 cm³/mol. The fourth-order valence-electron chi connectivity index (χ4n) is 0.427. The molecule has 0 saturated heterocycles. The Bertz CT molecular complexity index is 148. The van der Waals surface area contributed by atoms with Crippen LogP contribution >= 0.6 is 0 Å². The van der Waals surface area contributed by atoms with E-state index in [9.17, 15) is 0 Å². The van der Waals surface area contributed by atoms with Gasteiger partial charge in [0.1, 0.15) is 0 Å². The van der Waals surface area contributed by atoms with Crippen molar-refractivity contribution in [3.8, 4) is 0 Å². The van der Waals surface area contributed by atoms with Gasteiger partial charge in [-0.05, 0) is 32.4 Å². The van der Waals surface area contributed by atoms with Crippen LogP contribution in [0.3, 0.4) is 0 Å². The highest BCUT2D eigenvalue weighted by Gasteiger charge is 1.86. The molecule has 0 aromatic heterocycles. The molecule has 0 aliphatic rings. The van der Waals surface area contributed by atoms with Crippen LogP contribution in [0.15, 0.2) is 23.1 Å². The van der Waals surface area contributed by atoms with Crippen molar-refractivity contribution in [2.24, 2.45) is 5.73 Å². The third kappa shape index (κ3) is 3.64. The van der Waals surface area contributed by atoms with Gasteiger partial charge in [-0.25, -0.2) is 0 Å². The number of aliphatic hydroxyl groups excluding tert-OH is 1. The zero-order valence-corrected chi connectivity index (χ0v) is 6.10. The molecule has 0 radical (unpaired) electrons. The lowest BCUT2D eigenvalue weighted by molar-refractivity contribution is 0.414. The third-order valence-electron chi connectivity index (χ3n) is 1.05. The van der Waals surface area contributed by atoms with Gasteiger partial charge in [0.15, 0.2) is 0 Å². The summed E-state index contributed by atoms with van der Waals surface area (Å²) in [5.41, 5.74) is 7.06. The summed E-state index contributed by atoms with van der Waals surface area (Å²) >= 11 is 0. The van der Waals surface area contributed by atoms with Crippen molar-refractivity contribution in [2.75, 3.05) is 0 Å². The second kappa shape index (κ2) is 3.17. The Morgan fingerprint density at radius 1 is 1.33 bits per heavy atom. The van der Waals surface area contributed by atoms with E-state index >= 15 is 0 Å². The van der Waals surface area contributed by atoms with Crippen molar-refractivity contribution >= 4 is 0 Å². The Hall–Kier alpha value is -0.920. The molecular weight excluding hydrogens is 114 g/mol. The average molecular weight is 127 g/mol. The molecule has 0 aliphatic carbocycles. The number of rotatable bonds is 1. The number of hydrogen-bond acceptors (Lipinski definition) is 2. The molecule has 0 saturated carbocycles. The molecule has 0 aromatic carbocycles. The van der Waals surface area contributed by atoms with E-state index in [1.54, 1.807) is 19.9 Å². The fraction of sp³-hybridized carbons (Fsp3) is 0.429. The summed E-state index contributed by atoms with van der Waals surface area (Å²) < 4.78 is 0. The summed E-state index contributed by atoms with van der Waals surface area (Å²) in [5.74, 6) is 0.289. The highest BCUT2D eigenvalue weighted by molar-refractivity contribution is 5.21. The van der Waals surface area contributed by atoms with E-state index in [1.807, 2.05) is 6.92 Å². The number of nitrogens with two attached hydrogens (primary N) is 1. The second-order valence-electron chi connectivity index (χ2n) is 2.15. The molecule has 3 N–H and O–H groups in total. The van der Waals surface area contributed by atoms with Gasteiger partial charge in [0, 0.05) is 5.70 Å². The largest absolute Gasteiger partial charge is 0.513 e. The van der Waals surface area contributed by atoms with Gasteiger partial charge in [0.2, 0.25) is 0 Å². The first-order valence-corrected chi connectivity index (χ1v) is 2.84. The molecule has 9 heavy (non-hydrogen) atoms. The first kappa shape index (κ1) is 8.08. The zero-order chi connectivity index (χ0) is 7.44. The van der Waals surface area contributed by atoms with Crippen molar-refractivity contribution in [1.82, 2.24) is 0 Å². The molecule has 0 amide bonds. The summed E-state index contributed by atoms with van der Waals surface area (Å²) in [7, 11) is 0. The second-order valence-corrected chi connectivity index (χ2v) is 2.15. The summed E-state index contributed by atoms with van der Waals surface area (Å²) in [6, 6.07) is 0. The van der Waals surface area contributed by atoms with Crippen LogP contribution in [0.25, 0.3) is 0 Å². The minimum absolute atomic E-state index is 0.289. The third-order valence-corrected chi connectivity index (χ3v) is 1.05. The maximum Gasteiger partial charge on any atom is 0.0895 e. The molecule has 2 nitrogen and oxygen atoms in total. The van der Waals surface area contributed by atoms with Crippen LogP contribution in [0, 0.1) is 0 Å². The maximum atomic E-state index is 8.74. The summed E-state index contributed by atoms with van der Waals surface area (Å²) in [6.07, 6.45) is 1.63. The van der Waals surface area contributed by atoms with Crippen molar-refractivity contribution in [3.63, 3.8) is 0 Å². The van der Waals surface area contributed by atoms with Gasteiger partial charge >= 0.3 is 0 Å². The van der Waals surface area contributed by atoms with Gasteiger partial charge in [-0.3, -0.25) is 0 Å². The van der Waals surface area contributed by atoms with Crippen molar-refractivity contribution < 1.29 is 5.11 Å². The van der Waals surface area contributed by atoms with E-state index in [1.165, 1.54) is 0 Å². The van der Waals surface area contributed by atoms with Crippen molar-refractivity contribution in [1.29, 1.82) is 0 Å². The average Bonchev–Trinajstić information content (AvgIpc) is 1.63. The lowest BCUT2D eigenvalue weighted by Gasteiger charge is -1.95. The molecule has 0 aliphatic heterocycles. The van der Waals surface area contributed by atoms with Crippen molar-refractivity contribution in [2.45, 2.75) is 20.8 Å². The van der Waals surface area contributed by atoms with E-state index in [-0.39, 0.29) is 5.76 Å². The Morgan fingerprint density at radius 2 is 1.78 bits per heavy atom. The first-order valence-electron chi connectivity index (χ1n) is 2.84. The molecule has 0 unspecified atom stereocenters. The lowest BCUT2D eigenvalue weighted by Crippen LogP contribution is -1.93. The Labute approximate surface area is 55.7 Å². The van der Waals surface area contributed by atoms with E-state index in [2.05, 4.69) is 0 Å². The highest BCUT2D eigenvalue weighted by Crippen LogP contribution is 2.00. The lowest BCUT2D eigenvalue weighted by atomic mass is 10.2. The van der Waals surface area contributed by atoms with Gasteiger partial charge < -0.3 is 10.8 Å². The van der Waals surface area contributed by atoms with Gasteiger partial charge in [-0.1, -0.05) is 0 Å². The molecule has 0 atom stereocenters. The smallest absolute Gasteiger partial charge is 0.0895 e. The molecule has 0 heterocycles. The fourth-order valence-corrected chi connectivity index (χ4v) is 0.427. The predicted octanol–water partition coefficient (Wildman–Crippen LogP) is 1.70. The molecule has 0 fully saturated rings. The standard InChI is InChI=1S/C7H13NO/c1-5(7(3)8)4-6(2)9/h4,9H,8H2,1-3H3/b6-4+,7-5+. The van der Waals surface area contributed by atoms with Crippen LogP contribution in [0.2, 0.25) is 0 Å². The molecule has 0 bridgehead atoms. The number of hydrogen-bond donors (Lipinski definition) is 2. The maximum absolute atomic E-state index is 8.74. The normalized spacial score (nSPS) is 15.2. The Morgan fingerprint density at radius 3 is 1.89 bits per heavy atom. The molecule has 2 heteroatoms. The van der Waals surface area contributed by atoms with Crippen LogP contribution in [0.5, 0.6) is 0 Å². The van der Waals surface area contributed by atoms with Gasteiger partial charge in [-0.15, -0.1) is 0 Å². The zero-order valence-electron chi connectivity index (χ0n) is 6.10. The van der Waals surface area contributed by atoms with Crippen LogP contribution in [0.1, 0.15) is 20.8 Å². The quantitative estimate of drug-likeness (QED) is 0.416. The van der Waals surface area contributed by atoms with E-state index in [0.29, 0.717) is 0 Å². The van der Waals surface area contributed by atoms with Gasteiger partial charge in [0.25, 0.3) is 0 Å². The molecule has 0 spiro atoms. The topological polar surface area (TPSA) is 46.2 Å². The summed E-state index contributed by atoms with van der Waals surface area (Å²) in [4.78, 5) is 0. The van der Waals surface area contributed by atoms with Crippen LogP contribution in [-0.4, -0.2) is 5.11 Å². The van der Waals surface area contributed by atoms with Crippen LogP contribution in [-0.2, 0) is 0 Å². The monoisotopic (exact) mass is 127 g/mol. The Balaban J connectivity index is 4.25. The van der Waals surface area contributed by atoms with E-state index in [0.717, 1.165) is 11.3 Å². The molecule has 0 rings (SSSR count). The summed E-state index contributed by atoms with van der Waals surface area (Å²) in [5, 5.41) is 8.74. The SMILES string of the molecule is C/C(O)=C\C(C)=C(/C)N. The molecule has 52 valence electrons. The van der Waals surface area contributed by atoms with Crippen LogP contribution < -0.4 is 5.73 Å². The molecular formula is C7H13NO. The van der Waals surface area contributed by atoms with E-state index in [4.69, 9.17) is 10.8 Å². The highest BCUT2D eigenvalue weighted by atomic mass is 16.3. The first-order chi connectivity index (χ1) is 4.04. The van der Waals surface area contributed by atoms with Gasteiger partial charge in [0.05, 0.1) is 5.76 Å². The number of allylic oxidation sites excluding steroid dienone is 4. The number of aliphatic hydroxyl groups is 1. The molecule has 0 aromatic rings. The minimum Gasteiger partial charge on any atom is -0.513 e. The van der Waals surface area contributed by atoms with E-state index < -0.39 is 0 Å². The summed E-state index contributed by atoms with van der Waals surface area (Å²) in [6.45, 7) is 5.27. The Kier molecular flexibility index (Phi) is 2.85. The van der Waals surface area contributed by atoms with Crippen LogP contribution in [0.4, 0.5) is 0 Å². The van der Waals surface area contributed by atoms with Crippen molar-refractivity contribution in [3.05, 3.63) is 23.1 Å². The van der Waals surface area contributed by atoms with Gasteiger partial charge in [-0.2, -0.15) is 0 Å².